The molecule has 1 aliphatic rings. The van der Waals surface area contributed by atoms with E-state index in [0.29, 0.717) is 37.1 Å². The lowest BCUT2D eigenvalue weighted by atomic mass is 10.1. The van der Waals surface area contributed by atoms with Crippen LogP contribution in [-0.4, -0.2) is 55.6 Å². The molecule has 7 nitrogen and oxygen atoms in total. The molecule has 1 saturated heterocycles. The highest BCUT2D eigenvalue weighted by Crippen LogP contribution is 2.33. The van der Waals surface area contributed by atoms with Gasteiger partial charge in [-0.25, -0.2) is 17.2 Å². The lowest BCUT2D eigenvalue weighted by Gasteiger charge is -2.28. The SMILES string of the molecule is O=C(Oc1ccc2c(ccn2S(=O)(=O)c2ccccc2)c1CN1CCNCC1)C(F)(F)F. The van der Waals surface area contributed by atoms with Gasteiger partial charge in [0, 0.05) is 49.9 Å². The van der Waals surface area contributed by atoms with Gasteiger partial charge in [-0.3, -0.25) is 4.90 Å². The van der Waals surface area contributed by atoms with Gasteiger partial charge in [-0.2, -0.15) is 13.2 Å². The van der Waals surface area contributed by atoms with E-state index in [9.17, 15) is 26.4 Å². The molecule has 32 heavy (non-hydrogen) atoms. The van der Waals surface area contributed by atoms with Crippen molar-refractivity contribution >= 4 is 26.9 Å². The van der Waals surface area contributed by atoms with Crippen LogP contribution in [0.15, 0.2) is 59.6 Å². The molecule has 0 radical (unpaired) electrons. The van der Waals surface area contributed by atoms with Crippen molar-refractivity contribution in [1.29, 1.82) is 0 Å². The number of carbonyl (C=O) groups excluding carboxylic acids is 1. The number of piperazine rings is 1. The summed E-state index contributed by atoms with van der Waals surface area (Å²) in [5.74, 6) is -2.57. The van der Waals surface area contributed by atoms with Gasteiger partial charge in [0.05, 0.1) is 10.4 Å². The Balaban J connectivity index is 1.81. The molecule has 0 atom stereocenters. The van der Waals surface area contributed by atoms with Crippen molar-refractivity contribution in [2.75, 3.05) is 26.2 Å². The molecule has 0 amide bonds. The molecule has 0 aliphatic carbocycles. The molecule has 0 spiro atoms. The molecule has 1 aliphatic heterocycles. The Morgan fingerprint density at radius 2 is 1.72 bits per heavy atom. The van der Waals surface area contributed by atoms with Crippen molar-refractivity contribution in [3.05, 3.63) is 60.3 Å². The van der Waals surface area contributed by atoms with Crippen molar-refractivity contribution in [2.45, 2.75) is 17.6 Å². The summed E-state index contributed by atoms with van der Waals surface area (Å²) in [6.45, 7) is 2.90. The standard InChI is InChI=1S/C21H20F3N3O4S/c22-21(23,24)20(28)31-19-7-6-18-16(17(19)14-26-12-9-25-10-13-26)8-11-27(18)32(29,30)15-4-2-1-3-5-15/h1-8,11,25H,9-10,12-14H2. The van der Waals surface area contributed by atoms with E-state index < -0.39 is 22.2 Å². The number of fused-ring (bicyclic) bond motifs is 1. The average molecular weight is 467 g/mol. The highest BCUT2D eigenvalue weighted by molar-refractivity contribution is 7.90. The third-order valence-corrected chi connectivity index (χ3v) is 6.93. The summed E-state index contributed by atoms with van der Waals surface area (Å²) in [5.41, 5.74) is 0.606. The van der Waals surface area contributed by atoms with Crippen molar-refractivity contribution in [2.24, 2.45) is 0 Å². The second-order valence-electron chi connectivity index (χ2n) is 7.32. The summed E-state index contributed by atoms with van der Waals surface area (Å²) >= 11 is 0. The molecule has 1 aromatic heterocycles. The molecule has 11 heteroatoms. The number of halogens is 3. The Morgan fingerprint density at radius 3 is 2.38 bits per heavy atom. The minimum atomic E-state index is -5.15. The Bertz CT molecular complexity index is 1230. The van der Waals surface area contributed by atoms with Crippen LogP contribution in [0.4, 0.5) is 13.2 Å². The molecule has 3 aromatic rings. The first-order valence-electron chi connectivity index (χ1n) is 9.83. The Labute approximate surface area is 182 Å². The van der Waals surface area contributed by atoms with Gasteiger partial charge >= 0.3 is 12.1 Å². The molecular weight excluding hydrogens is 447 g/mol. The van der Waals surface area contributed by atoms with Gasteiger partial charge in [0.15, 0.2) is 0 Å². The Kier molecular flexibility index (Phi) is 5.97. The van der Waals surface area contributed by atoms with Crippen molar-refractivity contribution in [3.8, 4) is 5.75 Å². The number of esters is 1. The predicted molar refractivity (Wildman–Crippen MR) is 111 cm³/mol. The van der Waals surface area contributed by atoms with Crippen LogP contribution < -0.4 is 10.1 Å². The molecule has 2 aromatic carbocycles. The molecule has 170 valence electrons. The number of carbonyl (C=O) groups is 1. The van der Waals surface area contributed by atoms with Crippen molar-refractivity contribution in [1.82, 2.24) is 14.2 Å². The number of rotatable bonds is 5. The first-order chi connectivity index (χ1) is 15.2. The van der Waals surface area contributed by atoms with Gasteiger partial charge in [0.2, 0.25) is 0 Å². The predicted octanol–water partition coefficient (Wildman–Crippen LogP) is 2.75. The van der Waals surface area contributed by atoms with Crippen molar-refractivity contribution in [3.63, 3.8) is 0 Å². The van der Waals surface area contributed by atoms with Crippen LogP contribution >= 0.6 is 0 Å². The van der Waals surface area contributed by atoms with E-state index in [0.717, 1.165) is 3.97 Å². The first-order valence-corrected chi connectivity index (χ1v) is 11.3. The maximum absolute atomic E-state index is 13.1. The van der Waals surface area contributed by atoms with Crippen LogP contribution in [0.5, 0.6) is 5.75 Å². The second kappa shape index (κ2) is 8.57. The molecule has 2 heterocycles. The monoisotopic (exact) mass is 467 g/mol. The molecule has 0 unspecified atom stereocenters. The average Bonchev–Trinajstić information content (AvgIpc) is 3.21. The lowest BCUT2D eigenvalue weighted by molar-refractivity contribution is -0.189. The van der Waals surface area contributed by atoms with Crippen molar-refractivity contribution < 1.29 is 31.1 Å². The number of hydrogen-bond donors (Lipinski definition) is 1. The highest BCUT2D eigenvalue weighted by Gasteiger charge is 2.42. The second-order valence-corrected chi connectivity index (χ2v) is 9.13. The third-order valence-electron chi connectivity index (χ3n) is 5.23. The molecule has 1 N–H and O–H groups in total. The van der Waals surface area contributed by atoms with Gasteiger partial charge < -0.3 is 10.1 Å². The fraction of sp³-hybridized carbons (Fsp3) is 0.286. The molecule has 0 bridgehead atoms. The zero-order valence-corrected chi connectivity index (χ0v) is 17.6. The van der Waals surface area contributed by atoms with Crippen LogP contribution in [0.2, 0.25) is 0 Å². The minimum Gasteiger partial charge on any atom is -0.420 e. The number of hydrogen-bond acceptors (Lipinski definition) is 6. The fourth-order valence-electron chi connectivity index (χ4n) is 3.66. The number of aromatic nitrogens is 1. The van der Waals surface area contributed by atoms with Crippen LogP contribution in [0.3, 0.4) is 0 Å². The lowest BCUT2D eigenvalue weighted by Crippen LogP contribution is -2.43. The quantitative estimate of drug-likeness (QED) is 0.459. The summed E-state index contributed by atoms with van der Waals surface area (Å²) in [4.78, 5) is 13.6. The van der Waals surface area contributed by atoms with E-state index in [-0.39, 0.29) is 22.7 Å². The molecule has 1 fully saturated rings. The highest BCUT2D eigenvalue weighted by atomic mass is 32.2. The maximum Gasteiger partial charge on any atom is 0.491 e. The third kappa shape index (κ3) is 4.36. The summed E-state index contributed by atoms with van der Waals surface area (Å²) < 4.78 is 70.4. The fourth-order valence-corrected chi connectivity index (χ4v) is 5.03. The van der Waals surface area contributed by atoms with Crippen LogP contribution in [-0.2, 0) is 21.4 Å². The number of alkyl halides is 3. The van der Waals surface area contributed by atoms with Crippen LogP contribution in [0.25, 0.3) is 10.9 Å². The van der Waals surface area contributed by atoms with E-state index >= 15 is 0 Å². The van der Waals surface area contributed by atoms with Gasteiger partial charge in [-0.15, -0.1) is 0 Å². The Hall–Kier alpha value is -2.89. The molecular formula is C21H20F3N3O4S. The smallest absolute Gasteiger partial charge is 0.420 e. The van der Waals surface area contributed by atoms with Crippen LogP contribution in [0.1, 0.15) is 5.56 Å². The molecule has 4 rings (SSSR count). The number of nitrogens with zero attached hydrogens (tertiary/aromatic N) is 2. The zero-order chi connectivity index (χ0) is 22.9. The largest absolute Gasteiger partial charge is 0.491 e. The summed E-state index contributed by atoms with van der Waals surface area (Å²) in [7, 11) is -3.93. The van der Waals surface area contributed by atoms with Crippen LogP contribution in [0, 0.1) is 0 Å². The van der Waals surface area contributed by atoms with E-state index in [1.54, 1.807) is 18.2 Å². The normalized spacial score (nSPS) is 15.7. The molecule has 0 saturated carbocycles. The van der Waals surface area contributed by atoms with E-state index in [1.807, 2.05) is 4.90 Å². The Morgan fingerprint density at radius 1 is 1.03 bits per heavy atom. The minimum absolute atomic E-state index is 0.0775. The van der Waals surface area contributed by atoms with Gasteiger partial charge in [0.1, 0.15) is 5.75 Å². The summed E-state index contributed by atoms with van der Waals surface area (Å²) in [6, 6.07) is 11.9. The number of ether oxygens (including phenoxy) is 1. The number of benzene rings is 2. The van der Waals surface area contributed by atoms with Gasteiger partial charge in [-0.1, -0.05) is 18.2 Å². The summed E-state index contributed by atoms with van der Waals surface area (Å²) in [5, 5.41) is 3.59. The maximum atomic E-state index is 13.1. The van der Waals surface area contributed by atoms with E-state index in [2.05, 4.69) is 10.1 Å². The van der Waals surface area contributed by atoms with E-state index in [1.165, 1.54) is 36.5 Å². The van der Waals surface area contributed by atoms with Gasteiger partial charge in [0.25, 0.3) is 10.0 Å². The summed E-state index contributed by atoms with van der Waals surface area (Å²) in [6.07, 6.45) is -3.80. The van der Waals surface area contributed by atoms with E-state index in [4.69, 9.17) is 0 Å². The topological polar surface area (TPSA) is 80.6 Å². The first kappa shape index (κ1) is 22.3. The zero-order valence-electron chi connectivity index (χ0n) is 16.8. The van der Waals surface area contributed by atoms with Gasteiger partial charge in [-0.05, 0) is 30.3 Å². The number of nitrogens with one attached hydrogen (secondary N) is 1.